The maximum absolute atomic E-state index is 3.65. The first-order valence-electron chi connectivity index (χ1n) is 7.98. The van der Waals surface area contributed by atoms with E-state index >= 15 is 0 Å². The van der Waals surface area contributed by atoms with E-state index in [1.54, 1.807) is 0 Å². The van der Waals surface area contributed by atoms with E-state index in [-0.39, 0.29) is 0 Å². The summed E-state index contributed by atoms with van der Waals surface area (Å²) in [6.45, 7) is 7.82. The van der Waals surface area contributed by atoms with Gasteiger partial charge < -0.3 is 5.32 Å². The predicted molar refractivity (Wildman–Crippen MR) is 97.3 cm³/mol. The minimum absolute atomic E-state index is 0.560. The minimum atomic E-state index is 0.560. The van der Waals surface area contributed by atoms with Gasteiger partial charge in [-0.05, 0) is 41.0 Å². The second-order valence-electron chi connectivity index (χ2n) is 6.03. The Kier molecular flexibility index (Phi) is 6.59. The van der Waals surface area contributed by atoms with Crippen LogP contribution in [-0.2, 0) is 6.42 Å². The molecule has 114 valence electrons. The molecule has 2 aromatic carbocycles. The van der Waals surface area contributed by atoms with Crippen molar-refractivity contribution in [2.45, 2.75) is 33.2 Å². The average molecular weight is 301 g/mol. The van der Waals surface area contributed by atoms with Gasteiger partial charge in [-0.2, -0.15) is 11.8 Å². The highest BCUT2D eigenvalue weighted by Gasteiger charge is 2.11. The molecule has 0 saturated carbocycles. The number of hydrogen-bond donors (Lipinski definition) is 1. The quantitative estimate of drug-likeness (QED) is 0.755. The molecule has 0 spiro atoms. The van der Waals surface area contributed by atoms with Gasteiger partial charge in [0.05, 0.1) is 0 Å². The van der Waals surface area contributed by atoms with Gasteiger partial charge in [-0.1, -0.05) is 63.2 Å². The van der Waals surface area contributed by atoms with Gasteiger partial charge >= 0.3 is 0 Å². The van der Waals surface area contributed by atoms with E-state index in [2.05, 4.69) is 80.3 Å². The summed E-state index contributed by atoms with van der Waals surface area (Å²) in [6.07, 6.45) is 1.11. The molecule has 1 atom stereocenters. The van der Waals surface area contributed by atoms with Crippen LogP contribution in [0.1, 0.15) is 26.3 Å². The van der Waals surface area contributed by atoms with Crippen molar-refractivity contribution >= 4 is 22.5 Å². The highest BCUT2D eigenvalue weighted by molar-refractivity contribution is 7.99. The molecule has 2 heteroatoms. The molecule has 0 aliphatic heterocycles. The lowest BCUT2D eigenvalue weighted by atomic mass is 9.99. The Bertz CT molecular complexity index is 545. The molecule has 1 nitrogen and oxygen atoms in total. The van der Waals surface area contributed by atoms with Crippen LogP contribution < -0.4 is 5.32 Å². The van der Waals surface area contributed by atoms with Crippen LogP contribution in [0.25, 0.3) is 10.8 Å². The molecule has 0 aliphatic carbocycles. The molecule has 1 N–H and O–H groups in total. The van der Waals surface area contributed by atoms with Gasteiger partial charge in [0.1, 0.15) is 0 Å². The molecule has 2 rings (SSSR count). The van der Waals surface area contributed by atoms with Crippen molar-refractivity contribution < 1.29 is 0 Å². The van der Waals surface area contributed by atoms with Crippen LogP contribution in [0.2, 0.25) is 0 Å². The van der Waals surface area contributed by atoms with Crippen LogP contribution in [0.5, 0.6) is 0 Å². The van der Waals surface area contributed by atoms with Gasteiger partial charge in [-0.3, -0.25) is 0 Å². The van der Waals surface area contributed by atoms with Crippen molar-refractivity contribution in [2.24, 2.45) is 5.92 Å². The standard InChI is InChI=1S/C19H27NS/c1-4-20-18(14-21-13-15(2)3)12-17-10-7-9-16-8-5-6-11-19(16)17/h5-11,15,18,20H,4,12-14H2,1-3H3. The Hall–Kier alpha value is -0.990. The van der Waals surface area contributed by atoms with Crippen molar-refractivity contribution in [2.75, 3.05) is 18.1 Å². The van der Waals surface area contributed by atoms with Crippen molar-refractivity contribution in [3.63, 3.8) is 0 Å². The third-order valence-electron chi connectivity index (χ3n) is 3.61. The fraction of sp³-hybridized carbons (Fsp3) is 0.474. The summed E-state index contributed by atoms with van der Waals surface area (Å²) < 4.78 is 0. The lowest BCUT2D eigenvalue weighted by Gasteiger charge is -2.19. The zero-order valence-corrected chi connectivity index (χ0v) is 14.2. The maximum atomic E-state index is 3.65. The third kappa shape index (κ3) is 5.05. The molecule has 0 amide bonds. The van der Waals surface area contributed by atoms with E-state index in [4.69, 9.17) is 0 Å². The van der Waals surface area contributed by atoms with Gasteiger partial charge in [0.25, 0.3) is 0 Å². The predicted octanol–water partition coefficient (Wildman–Crippen LogP) is 4.75. The van der Waals surface area contributed by atoms with Crippen molar-refractivity contribution in [1.82, 2.24) is 5.32 Å². The summed E-state index contributed by atoms with van der Waals surface area (Å²) >= 11 is 2.07. The molecule has 21 heavy (non-hydrogen) atoms. The monoisotopic (exact) mass is 301 g/mol. The second-order valence-corrected chi connectivity index (χ2v) is 7.10. The molecule has 0 fully saturated rings. The van der Waals surface area contributed by atoms with Crippen LogP contribution in [0.3, 0.4) is 0 Å². The number of nitrogens with one attached hydrogen (secondary N) is 1. The van der Waals surface area contributed by atoms with E-state index in [1.807, 2.05) is 0 Å². The lowest BCUT2D eigenvalue weighted by Crippen LogP contribution is -2.33. The maximum Gasteiger partial charge on any atom is 0.0198 e. The SMILES string of the molecule is CCNC(CSCC(C)C)Cc1cccc2ccccc12. The van der Waals surface area contributed by atoms with Gasteiger partial charge in [0, 0.05) is 11.8 Å². The lowest BCUT2D eigenvalue weighted by molar-refractivity contribution is 0.573. The summed E-state index contributed by atoms with van der Waals surface area (Å²) in [6, 6.07) is 15.9. The van der Waals surface area contributed by atoms with Crippen molar-refractivity contribution in [3.05, 3.63) is 48.0 Å². The number of thioether (sulfide) groups is 1. The van der Waals surface area contributed by atoms with E-state index in [1.165, 1.54) is 27.8 Å². The molecular weight excluding hydrogens is 274 g/mol. The Labute approximate surface area is 133 Å². The third-order valence-corrected chi connectivity index (χ3v) is 5.15. The van der Waals surface area contributed by atoms with Gasteiger partial charge in [-0.25, -0.2) is 0 Å². The topological polar surface area (TPSA) is 12.0 Å². The van der Waals surface area contributed by atoms with Crippen LogP contribution in [0.15, 0.2) is 42.5 Å². The highest BCUT2D eigenvalue weighted by Crippen LogP contribution is 2.21. The smallest absolute Gasteiger partial charge is 0.0198 e. The Morgan fingerprint density at radius 1 is 1.00 bits per heavy atom. The Balaban J connectivity index is 2.07. The van der Waals surface area contributed by atoms with Crippen molar-refractivity contribution in [1.29, 1.82) is 0 Å². The minimum Gasteiger partial charge on any atom is -0.313 e. The van der Waals surface area contributed by atoms with Gasteiger partial charge in [0.15, 0.2) is 0 Å². The number of fused-ring (bicyclic) bond motifs is 1. The fourth-order valence-corrected chi connectivity index (χ4v) is 3.79. The molecule has 0 radical (unpaired) electrons. The first-order chi connectivity index (χ1) is 10.2. The van der Waals surface area contributed by atoms with Crippen LogP contribution in [0, 0.1) is 5.92 Å². The Morgan fingerprint density at radius 3 is 2.52 bits per heavy atom. The molecule has 2 aromatic rings. The summed E-state index contributed by atoms with van der Waals surface area (Å²) in [5.74, 6) is 3.21. The molecule has 0 bridgehead atoms. The average Bonchev–Trinajstić information content (AvgIpc) is 2.47. The summed E-state index contributed by atoms with van der Waals surface area (Å²) in [7, 11) is 0. The second kappa shape index (κ2) is 8.45. The summed E-state index contributed by atoms with van der Waals surface area (Å²) in [5.41, 5.74) is 1.46. The molecule has 0 aromatic heterocycles. The van der Waals surface area contributed by atoms with E-state index in [0.717, 1.165) is 18.9 Å². The molecule has 0 heterocycles. The highest BCUT2D eigenvalue weighted by atomic mass is 32.2. The Morgan fingerprint density at radius 2 is 1.76 bits per heavy atom. The van der Waals surface area contributed by atoms with Gasteiger partial charge in [-0.15, -0.1) is 0 Å². The van der Waals surface area contributed by atoms with E-state index < -0.39 is 0 Å². The van der Waals surface area contributed by atoms with Crippen molar-refractivity contribution in [3.8, 4) is 0 Å². The zero-order valence-electron chi connectivity index (χ0n) is 13.4. The molecule has 0 saturated heterocycles. The summed E-state index contributed by atoms with van der Waals surface area (Å²) in [5, 5.41) is 6.40. The van der Waals surface area contributed by atoms with Crippen LogP contribution in [-0.4, -0.2) is 24.1 Å². The first kappa shape index (κ1) is 16.4. The summed E-state index contributed by atoms with van der Waals surface area (Å²) in [4.78, 5) is 0. The van der Waals surface area contributed by atoms with E-state index in [0.29, 0.717) is 6.04 Å². The number of rotatable bonds is 8. The molecule has 1 unspecified atom stereocenters. The normalized spacial score (nSPS) is 13.0. The fourth-order valence-electron chi connectivity index (χ4n) is 2.66. The number of likely N-dealkylation sites (N-methyl/N-ethyl adjacent to an activating group) is 1. The number of hydrogen-bond acceptors (Lipinski definition) is 2. The van der Waals surface area contributed by atoms with Gasteiger partial charge in [0.2, 0.25) is 0 Å². The largest absolute Gasteiger partial charge is 0.313 e. The zero-order chi connectivity index (χ0) is 15.1. The molecular formula is C19H27NS. The van der Waals surface area contributed by atoms with Crippen LogP contribution >= 0.6 is 11.8 Å². The first-order valence-corrected chi connectivity index (χ1v) is 9.14. The number of benzene rings is 2. The van der Waals surface area contributed by atoms with E-state index in [9.17, 15) is 0 Å². The van der Waals surface area contributed by atoms with Crippen LogP contribution in [0.4, 0.5) is 0 Å². The molecule has 0 aliphatic rings.